The molecule has 0 bridgehead atoms. The summed E-state index contributed by atoms with van der Waals surface area (Å²) in [5.41, 5.74) is 4.09. The number of aryl methyl sites for hydroxylation is 1. The molecule has 0 unspecified atom stereocenters. The Balaban J connectivity index is 2.07. The summed E-state index contributed by atoms with van der Waals surface area (Å²) in [5, 5.41) is 1.60. The second-order valence-corrected chi connectivity index (χ2v) is 7.05. The van der Waals surface area contributed by atoms with Crippen LogP contribution < -0.4 is 10.3 Å². The van der Waals surface area contributed by atoms with Crippen LogP contribution >= 0.6 is 11.6 Å². The van der Waals surface area contributed by atoms with Gasteiger partial charge in [0, 0.05) is 16.6 Å². The van der Waals surface area contributed by atoms with Gasteiger partial charge in [0.05, 0.1) is 30.4 Å². The number of rotatable bonds is 4. The topological polar surface area (TPSA) is 44.1 Å². The second kappa shape index (κ2) is 7.49. The monoisotopic (exact) mass is 390 g/mol. The zero-order valence-corrected chi connectivity index (χ0v) is 16.4. The summed E-state index contributed by atoms with van der Waals surface area (Å²) in [7, 11) is 1.52. The summed E-state index contributed by atoms with van der Waals surface area (Å²) in [6.45, 7) is 2.43. The molecule has 2 aromatic heterocycles. The van der Waals surface area contributed by atoms with Crippen molar-refractivity contribution in [1.82, 2.24) is 9.55 Å². The predicted octanol–water partition coefficient (Wildman–Crippen LogP) is 5.08. The maximum Gasteiger partial charge on any atom is 0.294 e. The van der Waals surface area contributed by atoms with Crippen molar-refractivity contribution in [3.05, 3.63) is 93.4 Å². The highest BCUT2D eigenvalue weighted by molar-refractivity contribution is 6.30. The maximum absolute atomic E-state index is 13.4. The molecule has 0 atom stereocenters. The minimum atomic E-state index is -0.193. The summed E-state index contributed by atoms with van der Waals surface area (Å²) in [4.78, 5) is 17.9. The molecule has 0 aliphatic heterocycles. The Morgan fingerprint density at radius 1 is 1.07 bits per heavy atom. The lowest BCUT2D eigenvalue weighted by atomic mass is 9.99. The number of benzene rings is 2. The lowest BCUT2D eigenvalue weighted by Gasteiger charge is -2.18. The SMILES string of the molecule is COc1c(-c2ccccn2)c2c(C)cccc2n(Cc2cccc(Cl)c2)c1=O. The average Bonchev–Trinajstić information content (AvgIpc) is 2.70. The number of hydrogen-bond acceptors (Lipinski definition) is 3. The van der Waals surface area contributed by atoms with Gasteiger partial charge in [0.25, 0.3) is 5.56 Å². The molecule has 0 fully saturated rings. The summed E-state index contributed by atoms with van der Waals surface area (Å²) >= 11 is 6.14. The molecular weight excluding hydrogens is 372 g/mol. The molecule has 2 heterocycles. The van der Waals surface area contributed by atoms with Gasteiger partial charge in [-0.15, -0.1) is 0 Å². The molecule has 0 radical (unpaired) electrons. The Morgan fingerprint density at radius 3 is 2.61 bits per heavy atom. The number of pyridine rings is 2. The number of nitrogens with zero attached hydrogens (tertiary/aromatic N) is 2. The summed E-state index contributed by atoms with van der Waals surface area (Å²) in [6, 6.07) is 19.1. The van der Waals surface area contributed by atoms with E-state index < -0.39 is 0 Å². The zero-order chi connectivity index (χ0) is 19.7. The highest BCUT2D eigenvalue weighted by atomic mass is 35.5. The van der Waals surface area contributed by atoms with Gasteiger partial charge in [-0.3, -0.25) is 9.78 Å². The molecule has 2 aromatic carbocycles. The van der Waals surface area contributed by atoms with Crippen molar-refractivity contribution < 1.29 is 4.74 Å². The largest absolute Gasteiger partial charge is 0.491 e. The van der Waals surface area contributed by atoms with E-state index in [1.807, 2.05) is 67.6 Å². The van der Waals surface area contributed by atoms with Crippen LogP contribution in [0.15, 0.2) is 71.7 Å². The number of methoxy groups -OCH3 is 1. The van der Waals surface area contributed by atoms with Crippen molar-refractivity contribution in [2.45, 2.75) is 13.5 Å². The number of halogens is 1. The minimum absolute atomic E-state index is 0.193. The molecule has 0 saturated carbocycles. The van der Waals surface area contributed by atoms with Crippen molar-refractivity contribution in [1.29, 1.82) is 0 Å². The van der Waals surface area contributed by atoms with Crippen LogP contribution in [-0.2, 0) is 6.54 Å². The third-order valence-electron chi connectivity index (χ3n) is 4.81. The van der Waals surface area contributed by atoms with Crippen LogP contribution in [0.25, 0.3) is 22.2 Å². The number of hydrogen-bond donors (Lipinski definition) is 0. The van der Waals surface area contributed by atoms with Crippen LogP contribution in [0.3, 0.4) is 0 Å². The van der Waals surface area contributed by atoms with E-state index in [2.05, 4.69) is 4.98 Å². The molecule has 5 heteroatoms. The van der Waals surface area contributed by atoms with Gasteiger partial charge < -0.3 is 9.30 Å². The van der Waals surface area contributed by atoms with Crippen LogP contribution in [0, 0.1) is 6.92 Å². The number of ether oxygens (including phenoxy) is 1. The summed E-state index contributed by atoms with van der Waals surface area (Å²) in [6.07, 6.45) is 1.72. The first-order valence-corrected chi connectivity index (χ1v) is 9.34. The first kappa shape index (κ1) is 18.3. The molecule has 0 saturated heterocycles. The zero-order valence-electron chi connectivity index (χ0n) is 15.6. The van der Waals surface area contributed by atoms with Crippen LogP contribution in [-0.4, -0.2) is 16.7 Å². The van der Waals surface area contributed by atoms with Crippen molar-refractivity contribution in [3.8, 4) is 17.0 Å². The van der Waals surface area contributed by atoms with Crippen LogP contribution in [0.1, 0.15) is 11.1 Å². The molecule has 28 heavy (non-hydrogen) atoms. The van der Waals surface area contributed by atoms with Gasteiger partial charge in [0.15, 0.2) is 5.75 Å². The maximum atomic E-state index is 13.4. The number of fused-ring (bicyclic) bond motifs is 1. The molecule has 0 aliphatic rings. The molecule has 0 aliphatic carbocycles. The van der Waals surface area contributed by atoms with E-state index in [1.165, 1.54) is 7.11 Å². The lowest BCUT2D eigenvalue weighted by molar-refractivity contribution is 0.407. The van der Waals surface area contributed by atoms with E-state index in [4.69, 9.17) is 16.3 Å². The third kappa shape index (κ3) is 3.16. The van der Waals surface area contributed by atoms with Crippen LogP contribution in [0.2, 0.25) is 5.02 Å². The quantitative estimate of drug-likeness (QED) is 0.488. The molecular formula is C23H19ClN2O2. The molecule has 4 aromatic rings. The van der Waals surface area contributed by atoms with Crippen molar-refractivity contribution >= 4 is 22.5 Å². The van der Waals surface area contributed by atoms with Gasteiger partial charge in [-0.2, -0.15) is 0 Å². The van der Waals surface area contributed by atoms with Gasteiger partial charge in [-0.25, -0.2) is 0 Å². The van der Waals surface area contributed by atoms with Crippen molar-refractivity contribution in [3.63, 3.8) is 0 Å². The first-order valence-electron chi connectivity index (χ1n) is 8.96. The van der Waals surface area contributed by atoms with Crippen LogP contribution in [0.4, 0.5) is 0 Å². The molecule has 140 valence electrons. The first-order chi connectivity index (χ1) is 13.6. The van der Waals surface area contributed by atoms with Crippen molar-refractivity contribution in [2.75, 3.05) is 7.11 Å². The van der Waals surface area contributed by atoms with Gasteiger partial charge in [-0.05, 0) is 48.4 Å². The standard InChI is InChI=1S/C23H19ClN2O2/c1-15-7-5-11-19-20(15)21(18-10-3-4-12-25-18)22(28-2)23(27)26(19)14-16-8-6-9-17(24)13-16/h3-13H,14H2,1-2H3. The van der Waals surface area contributed by atoms with E-state index >= 15 is 0 Å². The van der Waals surface area contributed by atoms with Gasteiger partial charge in [-0.1, -0.05) is 41.9 Å². The smallest absolute Gasteiger partial charge is 0.294 e. The third-order valence-corrected chi connectivity index (χ3v) is 5.05. The number of aromatic nitrogens is 2. The molecule has 4 rings (SSSR count). The highest BCUT2D eigenvalue weighted by Crippen LogP contribution is 2.35. The van der Waals surface area contributed by atoms with E-state index in [0.29, 0.717) is 23.0 Å². The Hall–Kier alpha value is -3.11. The van der Waals surface area contributed by atoms with E-state index in [0.717, 1.165) is 27.6 Å². The Bertz CT molecular complexity index is 1220. The average molecular weight is 391 g/mol. The summed E-state index contributed by atoms with van der Waals surface area (Å²) in [5.74, 6) is 0.294. The van der Waals surface area contributed by atoms with Gasteiger partial charge in [0.1, 0.15) is 0 Å². The molecule has 4 nitrogen and oxygen atoms in total. The normalized spacial score (nSPS) is 11.0. The van der Waals surface area contributed by atoms with E-state index in [1.54, 1.807) is 10.8 Å². The fourth-order valence-electron chi connectivity index (χ4n) is 3.57. The van der Waals surface area contributed by atoms with E-state index in [9.17, 15) is 4.79 Å². The van der Waals surface area contributed by atoms with Crippen LogP contribution in [0.5, 0.6) is 5.75 Å². The molecule has 0 amide bonds. The minimum Gasteiger partial charge on any atom is -0.491 e. The fourth-order valence-corrected chi connectivity index (χ4v) is 3.79. The predicted molar refractivity (Wildman–Crippen MR) is 113 cm³/mol. The summed E-state index contributed by atoms with van der Waals surface area (Å²) < 4.78 is 7.33. The lowest BCUT2D eigenvalue weighted by Crippen LogP contribution is -2.24. The van der Waals surface area contributed by atoms with E-state index in [-0.39, 0.29) is 5.56 Å². The van der Waals surface area contributed by atoms with Gasteiger partial charge >= 0.3 is 0 Å². The molecule has 0 spiro atoms. The second-order valence-electron chi connectivity index (χ2n) is 6.61. The Kier molecular flexibility index (Phi) is 4.88. The fraction of sp³-hybridized carbons (Fsp3) is 0.130. The molecule has 0 N–H and O–H groups in total. The Labute approximate surface area is 168 Å². The highest BCUT2D eigenvalue weighted by Gasteiger charge is 2.21. The van der Waals surface area contributed by atoms with Gasteiger partial charge in [0.2, 0.25) is 0 Å². The van der Waals surface area contributed by atoms with Crippen molar-refractivity contribution in [2.24, 2.45) is 0 Å². The Morgan fingerprint density at radius 2 is 1.89 bits per heavy atom.